The number of rotatable bonds is 7. The molecule has 3 aromatic carbocycles. The van der Waals surface area contributed by atoms with Crippen molar-refractivity contribution >= 4 is 17.5 Å². The first-order valence-electron chi connectivity index (χ1n) is 9.44. The molecule has 148 valence electrons. The van der Waals surface area contributed by atoms with E-state index >= 15 is 0 Å². The largest absolute Gasteiger partial charge is 0.489 e. The minimum atomic E-state index is -0.309. The second-order valence-corrected chi connectivity index (χ2v) is 6.80. The van der Waals surface area contributed by atoms with Gasteiger partial charge in [0, 0.05) is 11.3 Å². The third-order valence-corrected chi connectivity index (χ3v) is 4.52. The van der Waals surface area contributed by atoms with Crippen molar-refractivity contribution in [3.05, 3.63) is 95.1 Å². The Kier molecular flexibility index (Phi) is 6.63. The van der Waals surface area contributed by atoms with E-state index in [0.29, 0.717) is 17.9 Å². The van der Waals surface area contributed by atoms with Crippen LogP contribution in [-0.2, 0) is 11.4 Å². The number of aryl methyl sites for hydroxylation is 2. The molecule has 2 amide bonds. The number of hydrogen-bond donors (Lipinski definition) is 2. The third kappa shape index (κ3) is 5.69. The second-order valence-electron chi connectivity index (χ2n) is 6.80. The van der Waals surface area contributed by atoms with Crippen molar-refractivity contribution in [3.63, 3.8) is 0 Å². The molecule has 0 radical (unpaired) electrons. The van der Waals surface area contributed by atoms with Gasteiger partial charge < -0.3 is 15.4 Å². The van der Waals surface area contributed by atoms with Crippen LogP contribution in [0.2, 0.25) is 0 Å². The van der Waals surface area contributed by atoms with Crippen LogP contribution in [0.4, 0.5) is 5.69 Å². The molecule has 0 aliphatic rings. The highest BCUT2D eigenvalue weighted by Crippen LogP contribution is 2.19. The van der Waals surface area contributed by atoms with E-state index in [1.165, 1.54) is 0 Å². The van der Waals surface area contributed by atoms with Gasteiger partial charge in [-0.05, 0) is 54.8 Å². The van der Waals surface area contributed by atoms with Gasteiger partial charge >= 0.3 is 0 Å². The summed E-state index contributed by atoms with van der Waals surface area (Å²) in [7, 11) is 0. The lowest BCUT2D eigenvalue weighted by Crippen LogP contribution is -2.33. The highest BCUT2D eigenvalue weighted by atomic mass is 16.5. The van der Waals surface area contributed by atoms with Crippen LogP contribution in [0.15, 0.2) is 72.8 Å². The Hall–Kier alpha value is -3.60. The number of benzene rings is 3. The van der Waals surface area contributed by atoms with Crippen molar-refractivity contribution in [2.24, 2.45) is 0 Å². The molecule has 3 aromatic rings. The zero-order chi connectivity index (χ0) is 20.6. The van der Waals surface area contributed by atoms with E-state index in [-0.39, 0.29) is 18.4 Å². The van der Waals surface area contributed by atoms with Crippen LogP contribution in [0.3, 0.4) is 0 Å². The smallest absolute Gasteiger partial charge is 0.251 e. The first-order valence-corrected chi connectivity index (χ1v) is 9.44. The quantitative estimate of drug-likeness (QED) is 0.636. The number of ether oxygens (including phenoxy) is 1. The van der Waals surface area contributed by atoms with Gasteiger partial charge in [0.2, 0.25) is 5.91 Å². The molecule has 0 aromatic heterocycles. The molecule has 5 heteroatoms. The van der Waals surface area contributed by atoms with E-state index < -0.39 is 0 Å². The summed E-state index contributed by atoms with van der Waals surface area (Å²) in [6.45, 7) is 4.23. The normalized spacial score (nSPS) is 10.3. The molecule has 0 spiro atoms. The number of anilines is 1. The average Bonchev–Trinajstić information content (AvgIpc) is 2.74. The fourth-order valence-electron chi connectivity index (χ4n) is 2.90. The maximum atomic E-state index is 12.3. The lowest BCUT2D eigenvalue weighted by molar-refractivity contribution is -0.115. The predicted octanol–water partition coefficient (Wildman–Crippen LogP) is 4.25. The maximum absolute atomic E-state index is 12.3. The topological polar surface area (TPSA) is 67.4 Å². The van der Waals surface area contributed by atoms with Crippen molar-refractivity contribution < 1.29 is 14.3 Å². The van der Waals surface area contributed by atoms with Crippen molar-refractivity contribution in [3.8, 4) is 5.75 Å². The molecule has 0 atom stereocenters. The molecular formula is C24H24N2O3. The Balaban J connectivity index is 1.49. The first kappa shape index (κ1) is 20.1. The van der Waals surface area contributed by atoms with Gasteiger partial charge in [0.05, 0.1) is 6.54 Å². The van der Waals surface area contributed by atoms with Gasteiger partial charge in [0.15, 0.2) is 0 Å². The summed E-state index contributed by atoms with van der Waals surface area (Å²) in [4.78, 5) is 24.5. The zero-order valence-corrected chi connectivity index (χ0v) is 16.6. The number of hydrogen-bond acceptors (Lipinski definition) is 3. The van der Waals surface area contributed by atoms with Gasteiger partial charge in [-0.3, -0.25) is 9.59 Å². The van der Waals surface area contributed by atoms with E-state index in [1.54, 1.807) is 24.3 Å². The van der Waals surface area contributed by atoms with Crippen LogP contribution in [0.25, 0.3) is 0 Å². The van der Waals surface area contributed by atoms with Gasteiger partial charge in [0.1, 0.15) is 12.4 Å². The minimum absolute atomic E-state index is 0.0983. The number of amides is 2. The van der Waals surface area contributed by atoms with Gasteiger partial charge in [0.25, 0.3) is 5.91 Å². The van der Waals surface area contributed by atoms with Gasteiger partial charge in [-0.2, -0.15) is 0 Å². The van der Waals surface area contributed by atoms with Crippen LogP contribution >= 0.6 is 0 Å². The molecule has 0 heterocycles. The summed E-state index contributed by atoms with van der Waals surface area (Å²) < 4.78 is 5.72. The first-order chi connectivity index (χ1) is 14.0. The molecule has 0 bridgehead atoms. The number of nitrogens with one attached hydrogen (secondary N) is 2. The third-order valence-electron chi connectivity index (χ3n) is 4.52. The van der Waals surface area contributed by atoms with E-state index in [0.717, 1.165) is 22.4 Å². The summed E-state index contributed by atoms with van der Waals surface area (Å²) >= 11 is 0. The Labute approximate surface area is 170 Å². The van der Waals surface area contributed by atoms with E-state index in [1.807, 2.05) is 62.4 Å². The van der Waals surface area contributed by atoms with Crippen LogP contribution in [0, 0.1) is 13.8 Å². The Morgan fingerprint density at radius 1 is 0.828 bits per heavy atom. The number of para-hydroxylation sites is 1. The van der Waals surface area contributed by atoms with Crippen LogP contribution in [-0.4, -0.2) is 18.4 Å². The average molecular weight is 388 g/mol. The van der Waals surface area contributed by atoms with Crippen LogP contribution in [0.1, 0.15) is 27.0 Å². The Bertz CT molecular complexity index is 963. The molecule has 0 fully saturated rings. The van der Waals surface area contributed by atoms with Crippen molar-refractivity contribution in [2.75, 3.05) is 11.9 Å². The highest BCUT2D eigenvalue weighted by Gasteiger charge is 2.10. The predicted molar refractivity (Wildman–Crippen MR) is 114 cm³/mol. The monoisotopic (exact) mass is 388 g/mol. The molecule has 0 saturated carbocycles. The SMILES string of the molecule is Cc1cccc(C)c1NC(=O)CNC(=O)c1ccc(OCc2ccccc2)cc1. The summed E-state index contributed by atoms with van der Waals surface area (Å²) in [6, 6.07) is 22.5. The van der Waals surface area contributed by atoms with E-state index in [2.05, 4.69) is 10.6 Å². The summed E-state index contributed by atoms with van der Waals surface area (Å²) in [5, 5.41) is 5.50. The molecule has 0 aliphatic carbocycles. The van der Waals surface area contributed by atoms with Crippen molar-refractivity contribution in [2.45, 2.75) is 20.5 Å². The molecule has 29 heavy (non-hydrogen) atoms. The fourth-order valence-corrected chi connectivity index (χ4v) is 2.90. The van der Waals surface area contributed by atoms with E-state index in [9.17, 15) is 9.59 Å². The lowest BCUT2D eigenvalue weighted by Gasteiger charge is -2.12. The summed E-state index contributed by atoms with van der Waals surface area (Å²) in [6.07, 6.45) is 0. The zero-order valence-electron chi connectivity index (χ0n) is 16.6. The summed E-state index contributed by atoms with van der Waals surface area (Å²) in [5.74, 6) is 0.105. The van der Waals surface area contributed by atoms with Crippen LogP contribution in [0.5, 0.6) is 5.75 Å². The standard InChI is InChI=1S/C24H24N2O3/c1-17-7-6-8-18(2)23(17)26-22(27)15-25-24(28)20-11-13-21(14-12-20)29-16-19-9-4-3-5-10-19/h3-14H,15-16H2,1-2H3,(H,25,28)(H,26,27). The Morgan fingerprint density at radius 3 is 2.14 bits per heavy atom. The van der Waals surface area contributed by atoms with Gasteiger partial charge in [-0.25, -0.2) is 0 Å². The number of carbonyl (C=O) groups excluding carboxylic acids is 2. The molecule has 3 rings (SSSR count). The molecule has 0 aliphatic heterocycles. The van der Waals surface area contributed by atoms with Gasteiger partial charge in [-0.1, -0.05) is 48.5 Å². The van der Waals surface area contributed by atoms with Gasteiger partial charge in [-0.15, -0.1) is 0 Å². The Morgan fingerprint density at radius 2 is 1.48 bits per heavy atom. The van der Waals surface area contributed by atoms with E-state index in [4.69, 9.17) is 4.74 Å². The fraction of sp³-hybridized carbons (Fsp3) is 0.167. The highest BCUT2D eigenvalue weighted by molar-refractivity contribution is 5.99. The molecule has 0 saturated heterocycles. The van der Waals surface area contributed by atoms with Crippen molar-refractivity contribution in [1.29, 1.82) is 0 Å². The lowest BCUT2D eigenvalue weighted by atomic mass is 10.1. The number of carbonyl (C=O) groups is 2. The molecular weight excluding hydrogens is 364 g/mol. The molecule has 5 nitrogen and oxygen atoms in total. The molecule has 2 N–H and O–H groups in total. The minimum Gasteiger partial charge on any atom is -0.489 e. The summed E-state index contributed by atoms with van der Waals surface area (Å²) in [5.41, 5.74) is 4.29. The van der Waals surface area contributed by atoms with Crippen molar-refractivity contribution in [1.82, 2.24) is 5.32 Å². The maximum Gasteiger partial charge on any atom is 0.251 e. The molecule has 0 unspecified atom stereocenters. The van der Waals surface area contributed by atoms with Crippen LogP contribution < -0.4 is 15.4 Å². The second kappa shape index (κ2) is 9.55.